The Balaban J connectivity index is 2.03. The van der Waals surface area contributed by atoms with Crippen LogP contribution in [0.25, 0.3) is 0 Å². The van der Waals surface area contributed by atoms with Crippen LogP contribution >= 0.6 is 11.6 Å². The lowest BCUT2D eigenvalue weighted by molar-refractivity contribution is -0.385. The number of nitro groups is 1. The summed E-state index contributed by atoms with van der Waals surface area (Å²) in [6.07, 6.45) is -4.60. The number of ether oxygens (including phenoxy) is 1. The summed E-state index contributed by atoms with van der Waals surface area (Å²) >= 11 is 5.87. The molecule has 0 bridgehead atoms. The van der Waals surface area contributed by atoms with Crippen molar-refractivity contribution in [2.75, 3.05) is 0 Å². The van der Waals surface area contributed by atoms with Crippen LogP contribution in [0.5, 0.6) is 17.4 Å². The zero-order chi connectivity index (χ0) is 23.1. The molecule has 0 aliphatic heterocycles. The molecule has 31 heavy (non-hydrogen) atoms. The average Bonchev–Trinajstić information content (AvgIpc) is 2.93. The van der Waals surface area contributed by atoms with Gasteiger partial charge in [0.2, 0.25) is 11.7 Å². The smallest absolute Gasteiger partial charge is 0.416 e. The van der Waals surface area contributed by atoms with E-state index in [0.29, 0.717) is 6.07 Å². The Hall–Kier alpha value is -3.60. The maximum Gasteiger partial charge on any atom is 0.416 e. The van der Waals surface area contributed by atoms with Crippen molar-refractivity contribution >= 4 is 23.1 Å². The number of carbonyl (C=O) groups is 1. The van der Waals surface area contributed by atoms with Crippen LogP contribution in [0.3, 0.4) is 0 Å². The van der Waals surface area contributed by atoms with Crippen LogP contribution in [0.4, 0.5) is 18.9 Å². The van der Waals surface area contributed by atoms with E-state index < -0.39 is 39.6 Å². The number of ketones is 1. The third-order valence-corrected chi connectivity index (χ3v) is 4.61. The molecule has 0 saturated heterocycles. The van der Waals surface area contributed by atoms with E-state index in [9.17, 15) is 33.2 Å². The molecule has 2 aromatic carbocycles. The highest BCUT2D eigenvalue weighted by Crippen LogP contribution is 2.37. The highest BCUT2D eigenvalue weighted by Gasteiger charge is 2.31. The number of rotatable bonds is 5. The number of benzene rings is 2. The summed E-state index contributed by atoms with van der Waals surface area (Å²) in [4.78, 5) is 23.5. The summed E-state index contributed by atoms with van der Waals surface area (Å²) in [5.74, 6) is -1.59. The summed E-state index contributed by atoms with van der Waals surface area (Å²) in [5.41, 5.74) is -2.02. The van der Waals surface area contributed by atoms with E-state index in [0.717, 1.165) is 28.9 Å². The van der Waals surface area contributed by atoms with Crippen molar-refractivity contribution in [1.29, 1.82) is 0 Å². The Morgan fingerprint density at radius 1 is 1.26 bits per heavy atom. The number of alkyl halides is 3. The molecule has 0 aliphatic rings. The third kappa shape index (κ3) is 4.31. The molecule has 12 heteroatoms. The predicted octanol–water partition coefficient (Wildman–Crippen LogP) is 5.04. The molecule has 0 spiro atoms. The molecule has 3 aromatic rings. The number of carbonyl (C=O) groups excluding carboxylic acids is 1. The average molecular weight is 456 g/mol. The number of nitrogens with zero attached hydrogens (tertiary/aromatic N) is 3. The summed E-state index contributed by atoms with van der Waals surface area (Å²) in [6.45, 7) is 1.45. The van der Waals surface area contributed by atoms with Crippen LogP contribution in [-0.2, 0) is 13.2 Å². The predicted molar refractivity (Wildman–Crippen MR) is 103 cm³/mol. The van der Waals surface area contributed by atoms with Crippen LogP contribution < -0.4 is 4.74 Å². The van der Waals surface area contributed by atoms with Crippen molar-refractivity contribution < 1.29 is 32.7 Å². The van der Waals surface area contributed by atoms with Crippen LogP contribution in [0.15, 0.2) is 36.4 Å². The van der Waals surface area contributed by atoms with Gasteiger partial charge in [-0.25, -0.2) is 4.68 Å². The number of hydrogen-bond acceptors (Lipinski definition) is 6. The molecule has 0 amide bonds. The molecular formula is C19H13ClF3N3O5. The fourth-order valence-electron chi connectivity index (χ4n) is 2.85. The second-order valence-corrected chi connectivity index (χ2v) is 6.83. The molecule has 0 unspecified atom stereocenters. The summed E-state index contributed by atoms with van der Waals surface area (Å²) in [6, 6.07) is 5.63. The first-order valence-corrected chi connectivity index (χ1v) is 8.88. The van der Waals surface area contributed by atoms with Gasteiger partial charge >= 0.3 is 6.18 Å². The van der Waals surface area contributed by atoms with Crippen molar-refractivity contribution in [3.63, 3.8) is 0 Å². The molecule has 0 saturated carbocycles. The lowest BCUT2D eigenvalue weighted by Gasteiger charge is -2.12. The topological polar surface area (TPSA) is 107 Å². The monoisotopic (exact) mass is 455 g/mol. The molecule has 1 N–H and O–H groups in total. The minimum atomic E-state index is -4.60. The largest absolute Gasteiger partial charge is 0.493 e. The normalized spacial score (nSPS) is 11.4. The minimum absolute atomic E-state index is 0.0864. The van der Waals surface area contributed by atoms with Gasteiger partial charge in [-0.1, -0.05) is 11.6 Å². The first-order chi connectivity index (χ1) is 14.4. The molecule has 0 radical (unpaired) electrons. The third-order valence-electron chi connectivity index (χ3n) is 4.32. The van der Waals surface area contributed by atoms with Gasteiger partial charge in [0.05, 0.1) is 21.2 Å². The van der Waals surface area contributed by atoms with Crippen molar-refractivity contribution in [1.82, 2.24) is 9.78 Å². The Morgan fingerprint density at radius 2 is 1.94 bits per heavy atom. The summed E-state index contributed by atoms with van der Waals surface area (Å²) in [7, 11) is 1.39. The molecule has 0 aliphatic carbocycles. The van der Waals surface area contributed by atoms with E-state index in [2.05, 4.69) is 5.10 Å². The van der Waals surface area contributed by atoms with E-state index in [1.54, 1.807) is 0 Å². The van der Waals surface area contributed by atoms with E-state index >= 15 is 0 Å². The number of aryl methyl sites for hydroxylation is 2. The highest BCUT2D eigenvalue weighted by atomic mass is 35.5. The zero-order valence-electron chi connectivity index (χ0n) is 15.9. The number of aromatic hydroxyl groups is 1. The van der Waals surface area contributed by atoms with Gasteiger partial charge in [0, 0.05) is 13.1 Å². The number of halogens is 4. The fraction of sp³-hybridized carbons (Fsp3) is 0.158. The van der Waals surface area contributed by atoms with Crippen LogP contribution in [0.1, 0.15) is 27.2 Å². The van der Waals surface area contributed by atoms with Crippen molar-refractivity contribution in [2.24, 2.45) is 7.05 Å². The first kappa shape index (κ1) is 22.1. The highest BCUT2D eigenvalue weighted by molar-refractivity contribution is 6.32. The first-order valence-electron chi connectivity index (χ1n) is 8.50. The van der Waals surface area contributed by atoms with Gasteiger partial charge in [0.15, 0.2) is 0 Å². The second kappa shape index (κ2) is 7.91. The van der Waals surface area contributed by atoms with E-state index in [4.69, 9.17) is 16.3 Å². The number of hydrogen-bond donors (Lipinski definition) is 1. The summed E-state index contributed by atoms with van der Waals surface area (Å²) < 4.78 is 44.9. The maximum atomic E-state index is 12.9. The summed E-state index contributed by atoms with van der Waals surface area (Å²) in [5, 5.41) is 25.0. The van der Waals surface area contributed by atoms with Gasteiger partial charge in [-0.3, -0.25) is 14.9 Å². The molecule has 8 nitrogen and oxygen atoms in total. The standard InChI is InChI=1S/C19H13ClF3N3O5/c1-9-16(18(28)25(2)24-9)17(27)12-8-11(4-5-14(12)26(29)30)31-15-6-3-10(7-13(15)20)19(21,22)23/h3-8,28H,1-2H3. The minimum Gasteiger partial charge on any atom is -0.493 e. The van der Waals surface area contributed by atoms with Gasteiger partial charge in [-0.2, -0.15) is 18.3 Å². The molecule has 162 valence electrons. The Bertz CT molecular complexity index is 1210. The van der Waals surface area contributed by atoms with Crippen LogP contribution in [-0.4, -0.2) is 25.6 Å². The van der Waals surface area contributed by atoms with Gasteiger partial charge in [-0.05, 0) is 37.3 Å². The van der Waals surface area contributed by atoms with Crippen molar-refractivity contribution in [3.8, 4) is 17.4 Å². The van der Waals surface area contributed by atoms with Gasteiger partial charge < -0.3 is 9.84 Å². The van der Waals surface area contributed by atoms with E-state index in [-0.39, 0.29) is 27.8 Å². The Morgan fingerprint density at radius 3 is 2.45 bits per heavy atom. The van der Waals surface area contributed by atoms with E-state index in [1.165, 1.54) is 20.0 Å². The van der Waals surface area contributed by atoms with E-state index in [1.807, 2.05) is 0 Å². The van der Waals surface area contributed by atoms with Gasteiger partial charge in [-0.15, -0.1) is 0 Å². The quantitative estimate of drug-likeness (QED) is 0.328. The van der Waals surface area contributed by atoms with Gasteiger partial charge in [0.25, 0.3) is 5.69 Å². The van der Waals surface area contributed by atoms with Gasteiger partial charge in [0.1, 0.15) is 22.6 Å². The number of aromatic nitrogens is 2. The van der Waals surface area contributed by atoms with Crippen molar-refractivity contribution in [3.05, 3.63) is 73.9 Å². The number of nitro benzene ring substituents is 1. The lowest BCUT2D eigenvalue weighted by atomic mass is 10.0. The Kier molecular flexibility index (Phi) is 5.64. The molecule has 1 aromatic heterocycles. The lowest BCUT2D eigenvalue weighted by Crippen LogP contribution is -2.07. The molecule has 0 atom stereocenters. The van der Waals surface area contributed by atoms with Crippen LogP contribution in [0.2, 0.25) is 5.02 Å². The fourth-order valence-corrected chi connectivity index (χ4v) is 3.07. The second-order valence-electron chi connectivity index (χ2n) is 6.42. The van der Waals surface area contributed by atoms with Crippen LogP contribution in [0, 0.1) is 17.0 Å². The molecule has 3 rings (SSSR count). The zero-order valence-corrected chi connectivity index (χ0v) is 16.7. The maximum absolute atomic E-state index is 12.9. The molecule has 1 heterocycles. The SMILES string of the molecule is Cc1nn(C)c(O)c1C(=O)c1cc(Oc2ccc(C(F)(F)F)cc2Cl)ccc1[N+](=O)[O-]. The van der Waals surface area contributed by atoms with Crippen molar-refractivity contribution in [2.45, 2.75) is 13.1 Å². The molecule has 0 fully saturated rings. The Labute approximate surface area is 177 Å². The molecular weight excluding hydrogens is 443 g/mol.